The van der Waals surface area contributed by atoms with Crippen molar-refractivity contribution in [2.75, 3.05) is 6.61 Å². The number of aliphatic hydroxyl groups excluding tert-OH is 3. The van der Waals surface area contributed by atoms with Gasteiger partial charge in [0.1, 0.15) is 0 Å². The van der Waals surface area contributed by atoms with E-state index in [1.54, 1.807) is 0 Å². The molecule has 0 aromatic carbocycles. The van der Waals surface area contributed by atoms with E-state index in [0.717, 1.165) is 19.3 Å². The molecule has 4 saturated carbocycles. The second-order valence-electron chi connectivity index (χ2n) is 9.93. The number of hydrogen-bond acceptors (Lipinski definition) is 4. The molecule has 4 fully saturated rings. The predicted octanol–water partition coefficient (Wildman–Crippen LogP) is 2.31. The summed E-state index contributed by atoms with van der Waals surface area (Å²) >= 11 is 0. The monoisotopic (exact) mass is 348 g/mol. The zero-order chi connectivity index (χ0) is 18.4. The molecule has 2 bridgehead atoms. The number of carbonyl (C=O) groups excluding carboxylic acids is 1. The Morgan fingerprint density at radius 2 is 1.80 bits per heavy atom. The molecule has 140 valence electrons. The summed E-state index contributed by atoms with van der Waals surface area (Å²) in [5.74, 6) is 0.0141. The Labute approximate surface area is 150 Å². The summed E-state index contributed by atoms with van der Waals surface area (Å²) in [6.07, 6.45) is 2.34. The van der Waals surface area contributed by atoms with Crippen molar-refractivity contribution in [2.45, 2.75) is 65.1 Å². The lowest BCUT2D eigenvalue weighted by molar-refractivity contribution is -0.258. The molecule has 4 aliphatic carbocycles. The molecule has 0 heterocycles. The highest BCUT2D eigenvalue weighted by atomic mass is 16.3. The minimum atomic E-state index is -0.867. The van der Waals surface area contributed by atoms with Gasteiger partial charge in [-0.25, -0.2) is 0 Å². The average Bonchev–Trinajstić information content (AvgIpc) is 2.68. The number of rotatable bonds is 1. The van der Waals surface area contributed by atoms with Gasteiger partial charge in [-0.3, -0.25) is 4.79 Å². The normalized spacial score (nSPS) is 54.2. The van der Waals surface area contributed by atoms with Crippen molar-refractivity contribution in [3.05, 3.63) is 12.2 Å². The van der Waals surface area contributed by atoms with Gasteiger partial charge in [0.05, 0.1) is 24.2 Å². The Bertz CT molecular complexity index is 625. The SMILES string of the molecule is C=C1C(=O)[C@@]23[C@H](O)C[C@@H]4C(C)(C)CC[C@H](O)[C@@]4(CO)[C@@H]2CC[C@H]1[C@@H]3C. The molecule has 25 heavy (non-hydrogen) atoms. The van der Waals surface area contributed by atoms with Gasteiger partial charge in [-0.1, -0.05) is 27.4 Å². The molecule has 0 amide bonds. The quantitative estimate of drug-likeness (QED) is 0.636. The van der Waals surface area contributed by atoms with E-state index in [-0.39, 0.29) is 41.5 Å². The Kier molecular flexibility index (Phi) is 3.66. The first-order valence-electron chi connectivity index (χ1n) is 9.86. The van der Waals surface area contributed by atoms with Crippen LogP contribution in [0.25, 0.3) is 0 Å². The van der Waals surface area contributed by atoms with Crippen molar-refractivity contribution in [1.82, 2.24) is 0 Å². The molecule has 1 spiro atoms. The maximum atomic E-state index is 13.3. The topological polar surface area (TPSA) is 77.8 Å². The maximum Gasteiger partial charge on any atom is 0.167 e. The zero-order valence-electron chi connectivity index (χ0n) is 15.7. The molecule has 0 radical (unpaired) electrons. The van der Waals surface area contributed by atoms with Crippen LogP contribution in [0.2, 0.25) is 0 Å². The van der Waals surface area contributed by atoms with Gasteiger partial charge in [-0.05, 0) is 66.8 Å². The molecule has 0 aliphatic heterocycles. The van der Waals surface area contributed by atoms with Crippen LogP contribution in [0.3, 0.4) is 0 Å². The highest BCUT2D eigenvalue weighted by molar-refractivity contribution is 6.04. The molecule has 0 aromatic rings. The third-order valence-electron chi connectivity index (χ3n) is 9.04. The lowest BCUT2D eigenvalue weighted by Gasteiger charge is -2.67. The zero-order valence-corrected chi connectivity index (χ0v) is 15.7. The molecule has 4 rings (SSSR count). The van der Waals surface area contributed by atoms with E-state index < -0.39 is 23.0 Å². The van der Waals surface area contributed by atoms with Crippen molar-refractivity contribution < 1.29 is 20.1 Å². The third kappa shape index (κ3) is 1.77. The molecule has 0 saturated heterocycles. The highest BCUT2D eigenvalue weighted by Crippen LogP contribution is 2.72. The van der Waals surface area contributed by atoms with Crippen molar-refractivity contribution in [2.24, 2.45) is 39.9 Å². The van der Waals surface area contributed by atoms with Crippen LogP contribution in [0.15, 0.2) is 12.2 Å². The van der Waals surface area contributed by atoms with Crippen LogP contribution in [0.4, 0.5) is 0 Å². The van der Waals surface area contributed by atoms with Gasteiger partial charge in [0.15, 0.2) is 5.78 Å². The number of allylic oxidation sites excluding steroid dienone is 1. The molecule has 4 nitrogen and oxygen atoms in total. The minimum Gasteiger partial charge on any atom is -0.396 e. The van der Waals surface area contributed by atoms with Crippen LogP contribution in [-0.4, -0.2) is 39.9 Å². The van der Waals surface area contributed by atoms with Gasteiger partial charge >= 0.3 is 0 Å². The Morgan fingerprint density at radius 3 is 2.44 bits per heavy atom. The van der Waals surface area contributed by atoms with Crippen molar-refractivity contribution >= 4 is 5.78 Å². The van der Waals surface area contributed by atoms with Gasteiger partial charge in [0.25, 0.3) is 0 Å². The van der Waals surface area contributed by atoms with E-state index in [1.807, 2.05) is 0 Å². The van der Waals surface area contributed by atoms with E-state index in [9.17, 15) is 20.1 Å². The summed E-state index contributed by atoms with van der Waals surface area (Å²) in [6, 6.07) is 0. The number of hydrogen-bond donors (Lipinski definition) is 3. The maximum absolute atomic E-state index is 13.3. The fourth-order valence-electron chi connectivity index (χ4n) is 7.84. The fourth-order valence-corrected chi connectivity index (χ4v) is 7.84. The summed E-state index contributed by atoms with van der Waals surface area (Å²) in [7, 11) is 0. The first-order chi connectivity index (χ1) is 11.7. The number of carbonyl (C=O) groups is 1. The lowest BCUT2D eigenvalue weighted by atomic mass is 9.38. The molecule has 4 heteroatoms. The molecule has 0 unspecified atom stereocenters. The molecule has 3 N–H and O–H groups in total. The molecular formula is C21H32O4. The van der Waals surface area contributed by atoms with Gasteiger partial charge in [0.2, 0.25) is 0 Å². The number of aliphatic hydroxyl groups is 3. The summed E-state index contributed by atoms with van der Waals surface area (Å²) in [4.78, 5) is 13.3. The smallest absolute Gasteiger partial charge is 0.167 e. The number of ketones is 1. The summed E-state index contributed by atoms with van der Waals surface area (Å²) in [6.45, 7) is 10.4. The van der Waals surface area contributed by atoms with Crippen LogP contribution >= 0.6 is 0 Å². The van der Waals surface area contributed by atoms with Gasteiger partial charge < -0.3 is 15.3 Å². The van der Waals surface area contributed by atoms with Crippen LogP contribution in [0, 0.1) is 39.9 Å². The Morgan fingerprint density at radius 1 is 1.12 bits per heavy atom. The van der Waals surface area contributed by atoms with E-state index in [1.165, 1.54) is 0 Å². The summed E-state index contributed by atoms with van der Waals surface area (Å²) in [5, 5.41) is 33.0. The molecular weight excluding hydrogens is 316 g/mol. The number of Topliss-reactive ketones (excluding diaryl/α,β-unsaturated/α-hetero) is 1. The van der Waals surface area contributed by atoms with E-state index in [4.69, 9.17) is 0 Å². The average molecular weight is 348 g/mol. The molecule has 0 aromatic heterocycles. The van der Waals surface area contributed by atoms with Gasteiger partial charge in [-0.15, -0.1) is 0 Å². The summed E-state index contributed by atoms with van der Waals surface area (Å²) in [5.41, 5.74) is -0.970. The van der Waals surface area contributed by atoms with Crippen LogP contribution < -0.4 is 0 Å². The minimum absolute atomic E-state index is 0.00172. The fraction of sp³-hybridized carbons (Fsp3) is 0.857. The van der Waals surface area contributed by atoms with Crippen molar-refractivity contribution in [1.29, 1.82) is 0 Å². The first-order valence-corrected chi connectivity index (χ1v) is 9.86. The van der Waals surface area contributed by atoms with E-state index in [2.05, 4.69) is 27.4 Å². The lowest BCUT2D eigenvalue weighted by Crippen LogP contribution is -2.70. The molecule has 4 aliphatic rings. The van der Waals surface area contributed by atoms with Gasteiger partial charge in [-0.2, -0.15) is 0 Å². The predicted molar refractivity (Wildman–Crippen MR) is 94.6 cm³/mol. The van der Waals surface area contributed by atoms with Crippen molar-refractivity contribution in [3.63, 3.8) is 0 Å². The standard InChI is InChI=1S/C21H32O4/c1-11-13-5-6-14-20(10-22)15(19(3,4)8-7-16(20)23)9-17(24)21(14,12(13)2)18(11)25/h12-17,22-24H,1,5-10H2,2-4H3/t12-,13+,14-,15+,16-,17+,20-,21+/m0/s1. The Hall–Kier alpha value is -0.710. The second kappa shape index (κ2) is 5.17. The Balaban J connectivity index is 1.94. The largest absolute Gasteiger partial charge is 0.396 e. The van der Waals surface area contributed by atoms with E-state index in [0.29, 0.717) is 18.4 Å². The van der Waals surface area contributed by atoms with Crippen molar-refractivity contribution in [3.8, 4) is 0 Å². The van der Waals surface area contributed by atoms with Crippen LogP contribution in [0.1, 0.15) is 52.9 Å². The van der Waals surface area contributed by atoms with Gasteiger partial charge in [0, 0.05) is 5.41 Å². The third-order valence-corrected chi connectivity index (χ3v) is 9.04. The van der Waals surface area contributed by atoms with E-state index >= 15 is 0 Å². The molecule has 8 atom stereocenters. The highest BCUT2D eigenvalue weighted by Gasteiger charge is 2.75. The first kappa shape index (κ1) is 17.7. The van der Waals surface area contributed by atoms with Crippen LogP contribution in [0.5, 0.6) is 0 Å². The van der Waals surface area contributed by atoms with Crippen LogP contribution in [-0.2, 0) is 4.79 Å². The second-order valence-corrected chi connectivity index (χ2v) is 9.93. The number of fused-ring (bicyclic) bond motifs is 3. The summed E-state index contributed by atoms with van der Waals surface area (Å²) < 4.78 is 0.